The molecule has 3 N–H and O–H groups in total. The fourth-order valence-corrected chi connectivity index (χ4v) is 2.61. The van der Waals surface area contributed by atoms with E-state index in [0.29, 0.717) is 24.4 Å². The highest BCUT2D eigenvalue weighted by atomic mass is 19.1. The first-order valence-electron chi connectivity index (χ1n) is 7.56. The van der Waals surface area contributed by atoms with Crippen molar-refractivity contribution in [3.8, 4) is 0 Å². The van der Waals surface area contributed by atoms with Gasteiger partial charge in [0.15, 0.2) is 0 Å². The Kier molecular flexibility index (Phi) is 4.65. The summed E-state index contributed by atoms with van der Waals surface area (Å²) in [5.41, 5.74) is 7.42. The first-order valence-corrected chi connectivity index (χ1v) is 7.56. The van der Waals surface area contributed by atoms with Crippen molar-refractivity contribution < 1.29 is 8.81 Å². The Morgan fingerprint density at radius 1 is 1.32 bits per heavy atom. The van der Waals surface area contributed by atoms with Gasteiger partial charge in [-0.15, -0.1) is 5.10 Å². The molecular weight excluding hydrogens is 285 g/mol. The Labute approximate surface area is 128 Å². The highest BCUT2D eigenvalue weighted by molar-refractivity contribution is 5.23. The molecule has 0 aliphatic carbocycles. The monoisotopic (exact) mass is 305 g/mol. The molecule has 2 aromatic rings. The Balaban J connectivity index is 1.59. The van der Waals surface area contributed by atoms with Crippen LogP contribution in [-0.2, 0) is 6.42 Å². The van der Waals surface area contributed by atoms with Crippen molar-refractivity contribution in [3.63, 3.8) is 0 Å². The molecule has 0 saturated carbocycles. The smallest absolute Gasteiger partial charge is 0.315 e. The highest BCUT2D eigenvalue weighted by Gasteiger charge is 2.28. The zero-order valence-electron chi connectivity index (χ0n) is 12.5. The van der Waals surface area contributed by atoms with E-state index in [2.05, 4.69) is 33.3 Å². The second-order valence-corrected chi connectivity index (χ2v) is 5.45. The predicted molar refractivity (Wildman–Crippen MR) is 80.6 cm³/mol. The number of halogens is 1. The Morgan fingerprint density at radius 3 is 2.91 bits per heavy atom. The number of hydrazine groups is 1. The van der Waals surface area contributed by atoms with E-state index >= 15 is 0 Å². The molecular formula is C15H20FN5O. The predicted octanol–water partition coefficient (Wildman–Crippen LogP) is 2.04. The lowest BCUT2D eigenvalue weighted by Crippen LogP contribution is -2.26. The quantitative estimate of drug-likeness (QED) is 0.758. The summed E-state index contributed by atoms with van der Waals surface area (Å²) in [5, 5.41) is 11.2. The van der Waals surface area contributed by atoms with Crippen LogP contribution in [0.2, 0.25) is 0 Å². The van der Waals surface area contributed by atoms with Crippen molar-refractivity contribution in [2.75, 3.05) is 18.4 Å². The van der Waals surface area contributed by atoms with Crippen molar-refractivity contribution in [2.24, 2.45) is 5.92 Å². The molecule has 7 heteroatoms. The van der Waals surface area contributed by atoms with Gasteiger partial charge in [-0.2, -0.15) is 0 Å². The maximum Gasteiger partial charge on any atom is 0.315 e. The standard InChI is InChI=1S/C15H20FN5O/c1-2-3-13-19-21-15(22-13)17-8-11-9-18-20-14(11)10-4-6-12(16)7-5-10/h4-7,11,14,18,20H,2-3,8-9H2,1H3,(H,17,21). The Morgan fingerprint density at radius 2 is 2.14 bits per heavy atom. The van der Waals surface area contributed by atoms with Crippen LogP contribution in [0.15, 0.2) is 28.7 Å². The van der Waals surface area contributed by atoms with Crippen LogP contribution < -0.4 is 16.2 Å². The number of aromatic nitrogens is 2. The van der Waals surface area contributed by atoms with Gasteiger partial charge in [-0.3, -0.25) is 5.43 Å². The van der Waals surface area contributed by atoms with E-state index in [0.717, 1.165) is 24.9 Å². The Bertz CT molecular complexity index is 600. The van der Waals surface area contributed by atoms with Gasteiger partial charge < -0.3 is 9.73 Å². The first kappa shape index (κ1) is 14.9. The van der Waals surface area contributed by atoms with E-state index in [1.165, 1.54) is 12.1 Å². The molecule has 1 aromatic carbocycles. The summed E-state index contributed by atoms with van der Waals surface area (Å²) in [5.74, 6) is 0.730. The molecule has 0 bridgehead atoms. The summed E-state index contributed by atoms with van der Waals surface area (Å²) in [6.45, 7) is 3.57. The van der Waals surface area contributed by atoms with Crippen molar-refractivity contribution in [2.45, 2.75) is 25.8 Å². The number of benzene rings is 1. The molecule has 2 heterocycles. The van der Waals surface area contributed by atoms with Crippen LogP contribution in [0.25, 0.3) is 0 Å². The van der Waals surface area contributed by atoms with Gasteiger partial charge >= 0.3 is 6.01 Å². The van der Waals surface area contributed by atoms with Crippen LogP contribution in [0.3, 0.4) is 0 Å². The third kappa shape index (κ3) is 3.42. The number of hydrogen-bond donors (Lipinski definition) is 3. The van der Waals surface area contributed by atoms with Gasteiger partial charge in [0.1, 0.15) is 5.82 Å². The molecule has 3 rings (SSSR count). The van der Waals surface area contributed by atoms with Crippen molar-refractivity contribution >= 4 is 6.01 Å². The second kappa shape index (κ2) is 6.85. The van der Waals surface area contributed by atoms with E-state index < -0.39 is 0 Å². The summed E-state index contributed by atoms with van der Waals surface area (Å²) < 4.78 is 18.5. The highest BCUT2D eigenvalue weighted by Crippen LogP contribution is 2.25. The SMILES string of the molecule is CCCc1nnc(NCC2CNNC2c2ccc(F)cc2)o1. The van der Waals surface area contributed by atoms with E-state index in [4.69, 9.17) is 4.42 Å². The summed E-state index contributed by atoms with van der Waals surface area (Å²) in [7, 11) is 0. The van der Waals surface area contributed by atoms with Crippen molar-refractivity contribution in [1.29, 1.82) is 0 Å². The van der Waals surface area contributed by atoms with E-state index in [1.807, 2.05) is 0 Å². The third-order valence-corrected chi connectivity index (χ3v) is 3.77. The number of aryl methyl sites for hydroxylation is 1. The number of rotatable bonds is 6. The van der Waals surface area contributed by atoms with Gasteiger partial charge in [-0.25, -0.2) is 9.82 Å². The number of anilines is 1. The molecule has 22 heavy (non-hydrogen) atoms. The van der Waals surface area contributed by atoms with E-state index in [9.17, 15) is 4.39 Å². The molecule has 2 atom stereocenters. The average Bonchev–Trinajstić information content (AvgIpc) is 3.15. The molecule has 0 spiro atoms. The molecule has 2 unspecified atom stereocenters. The summed E-state index contributed by atoms with van der Waals surface area (Å²) in [6.07, 6.45) is 1.77. The van der Waals surface area contributed by atoms with Gasteiger partial charge in [0.2, 0.25) is 5.89 Å². The maximum atomic E-state index is 13.0. The largest absolute Gasteiger partial charge is 0.408 e. The van der Waals surface area contributed by atoms with Gasteiger partial charge in [0.25, 0.3) is 0 Å². The topological polar surface area (TPSA) is 75.0 Å². The molecule has 118 valence electrons. The zero-order valence-corrected chi connectivity index (χ0v) is 12.5. The Hall–Kier alpha value is -1.99. The third-order valence-electron chi connectivity index (χ3n) is 3.77. The molecule has 0 radical (unpaired) electrons. The van der Waals surface area contributed by atoms with Gasteiger partial charge in [0.05, 0.1) is 6.04 Å². The zero-order chi connectivity index (χ0) is 15.4. The van der Waals surface area contributed by atoms with Gasteiger partial charge in [0, 0.05) is 25.4 Å². The molecule has 1 aliphatic rings. The van der Waals surface area contributed by atoms with Gasteiger partial charge in [-0.1, -0.05) is 24.2 Å². The van der Waals surface area contributed by atoms with Crippen molar-refractivity contribution in [3.05, 3.63) is 41.5 Å². The maximum absolute atomic E-state index is 13.0. The molecule has 1 saturated heterocycles. The minimum absolute atomic E-state index is 0.117. The fourth-order valence-electron chi connectivity index (χ4n) is 2.61. The summed E-state index contributed by atoms with van der Waals surface area (Å²) >= 11 is 0. The lowest BCUT2D eigenvalue weighted by Gasteiger charge is -2.18. The summed E-state index contributed by atoms with van der Waals surface area (Å²) in [4.78, 5) is 0. The first-order chi connectivity index (χ1) is 10.8. The number of nitrogens with zero attached hydrogens (tertiary/aromatic N) is 2. The van der Waals surface area contributed by atoms with Crippen LogP contribution >= 0.6 is 0 Å². The molecule has 0 amide bonds. The lowest BCUT2D eigenvalue weighted by atomic mass is 9.95. The molecule has 1 fully saturated rings. The van der Waals surface area contributed by atoms with Crippen LogP contribution in [-0.4, -0.2) is 23.3 Å². The fraction of sp³-hybridized carbons (Fsp3) is 0.467. The van der Waals surface area contributed by atoms with Crippen LogP contribution in [0.4, 0.5) is 10.4 Å². The lowest BCUT2D eigenvalue weighted by molar-refractivity contribution is 0.471. The average molecular weight is 305 g/mol. The minimum atomic E-state index is -0.223. The number of nitrogens with one attached hydrogen (secondary N) is 3. The van der Waals surface area contributed by atoms with E-state index in [1.54, 1.807) is 12.1 Å². The van der Waals surface area contributed by atoms with Crippen LogP contribution in [0.1, 0.15) is 30.8 Å². The second-order valence-electron chi connectivity index (χ2n) is 5.45. The molecule has 6 nitrogen and oxygen atoms in total. The molecule has 1 aliphatic heterocycles. The minimum Gasteiger partial charge on any atom is -0.408 e. The van der Waals surface area contributed by atoms with E-state index in [-0.39, 0.29) is 11.9 Å². The van der Waals surface area contributed by atoms with Crippen LogP contribution in [0, 0.1) is 11.7 Å². The van der Waals surface area contributed by atoms with Crippen molar-refractivity contribution in [1.82, 2.24) is 21.0 Å². The summed E-state index contributed by atoms with van der Waals surface area (Å²) in [6, 6.07) is 7.14. The van der Waals surface area contributed by atoms with Crippen LogP contribution in [0.5, 0.6) is 0 Å². The molecule has 1 aromatic heterocycles. The number of hydrogen-bond acceptors (Lipinski definition) is 6. The normalized spacial score (nSPS) is 21.2. The van der Waals surface area contributed by atoms with Gasteiger partial charge in [-0.05, 0) is 24.1 Å².